The molecule has 0 unspecified atom stereocenters. The highest BCUT2D eigenvalue weighted by Gasteiger charge is 2.21. The Morgan fingerprint density at radius 2 is 2.11 bits per heavy atom. The highest BCUT2D eigenvalue weighted by molar-refractivity contribution is 5.78. The van der Waals surface area contributed by atoms with E-state index in [-0.39, 0.29) is 17.9 Å². The Morgan fingerprint density at radius 3 is 2.83 bits per heavy atom. The number of carbonyl (C=O) groups is 1. The van der Waals surface area contributed by atoms with Gasteiger partial charge in [0.05, 0.1) is 6.04 Å². The summed E-state index contributed by atoms with van der Waals surface area (Å²) in [4.78, 5) is 11.7. The smallest absolute Gasteiger partial charge is 0.223 e. The van der Waals surface area contributed by atoms with E-state index in [1.807, 2.05) is 20.8 Å². The first-order chi connectivity index (χ1) is 8.59. The van der Waals surface area contributed by atoms with Gasteiger partial charge in [-0.2, -0.15) is 0 Å². The lowest BCUT2D eigenvalue weighted by atomic mass is 10.2. The van der Waals surface area contributed by atoms with Gasteiger partial charge < -0.3 is 15.2 Å². The van der Waals surface area contributed by atoms with Crippen LogP contribution < -0.4 is 10.6 Å². The third-order valence-corrected chi connectivity index (χ3v) is 3.16. The fourth-order valence-corrected chi connectivity index (χ4v) is 2.06. The minimum absolute atomic E-state index is 0.0133. The van der Waals surface area contributed by atoms with E-state index in [1.165, 1.54) is 0 Å². The normalized spacial score (nSPS) is 17.1. The average molecular weight is 251 g/mol. The number of nitrogens with zero attached hydrogens (tertiary/aromatic N) is 3. The van der Waals surface area contributed by atoms with E-state index in [2.05, 4.69) is 25.4 Å². The molecule has 0 aromatic carbocycles. The number of fused-ring (bicyclic) bond motifs is 1. The van der Waals surface area contributed by atoms with Crippen molar-refractivity contribution in [3.8, 4) is 0 Å². The predicted molar refractivity (Wildman–Crippen MR) is 68.0 cm³/mol. The predicted octanol–water partition coefficient (Wildman–Crippen LogP) is 0.257. The summed E-state index contributed by atoms with van der Waals surface area (Å²) in [5.74, 6) is 1.88. The molecule has 0 spiro atoms. The van der Waals surface area contributed by atoms with Crippen molar-refractivity contribution in [1.82, 2.24) is 25.4 Å². The summed E-state index contributed by atoms with van der Waals surface area (Å²) >= 11 is 0. The Morgan fingerprint density at radius 1 is 1.33 bits per heavy atom. The van der Waals surface area contributed by atoms with Gasteiger partial charge in [-0.25, -0.2) is 0 Å². The van der Waals surface area contributed by atoms with Crippen LogP contribution >= 0.6 is 0 Å². The van der Waals surface area contributed by atoms with Crippen LogP contribution in [-0.4, -0.2) is 33.8 Å². The summed E-state index contributed by atoms with van der Waals surface area (Å²) in [6, 6.07) is -0.0979. The van der Waals surface area contributed by atoms with Crippen LogP contribution in [0.4, 0.5) is 0 Å². The van der Waals surface area contributed by atoms with Crippen LogP contribution in [0, 0.1) is 5.92 Å². The summed E-state index contributed by atoms with van der Waals surface area (Å²) in [5, 5.41) is 14.7. The van der Waals surface area contributed by atoms with E-state index in [4.69, 9.17) is 0 Å². The van der Waals surface area contributed by atoms with E-state index in [0.717, 1.165) is 37.7 Å². The van der Waals surface area contributed by atoms with Gasteiger partial charge in [-0.3, -0.25) is 4.79 Å². The molecule has 0 radical (unpaired) electrons. The van der Waals surface area contributed by atoms with E-state index in [1.54, 1.807) is 0 Å². The number of aromatic nitrogens is 3. The second-order valence-corrected chi connectivity index (χ2v) is 5.01. The van der Waals surface area contributed by atoms with Crippen LogP contribution in [0.2, 0.25) is 0 Å². The average Bonchev–Trinajstić information content (AvgIpc) is 2.58. The van der Waals surface area contributed by atoms with Crippen LogP contribution in [-0.2, 0) is 17.8 Å². The lowest BCUT2D eigenvalue weighted by Gasteiger charge is -2.16. The highest BCUT2D eigenvalue weighted by atomic mass is 16.1. The topological polar surface area (TPSA) is 71.8 Å². The Balaban J connectivity index is 2.13. The largest absolute Gasteiger partial charge is 0.346 e. The molecule has 100 valence electrons. The first-order valence-corrected chi connectivity index (χ1v) is 6.52. The monoisotopic (exact) mass is 251 g/mol. The van der Waals surface area contributed by atoms with Crippen molar-refractivity contribution in [3.05, 3.63) is 11.6 Å². The Labute approximate surface area is 107 Å². The highest BCUT2D eigenvalue weighted by Crippen LogP contribution is 2.14. The third-order valence-electron chi connectivity index (χ3n) is 3.16. The second kappa shape index (κ2) is 5.48. The maximum atomic E-state index is 11.7. The standard InChI is InChI=1S/C12H21N5O/c1-8(2)12(18)14-9(3)11-16-15-10-4-5-13-6-7-17(10)11/h8-9,13H,4-7H2,1-3H3,(H,14,18)/t9-/m1/s1. The van der Waals surface area contributed by atoms with Crippen LogP contribution in [0.3, 0.4) is 0 Å². The second-order valence-electron chi connectivity index (χ2n) is 5.01. The zero-order valence-corrected chi connectivity index (χ0v) is 11.2. The molecule has 1 amide bonds. The first-order valence-electron chi connectivity index (χ1n) is 6.52. The number of rotatable bonds is 3. The number of hydrogen-bond acceptors (Lipinski definition) is 4. The molecule has 0 aliphatic carbocycles. The van der Waals surface area contributed by atoms with Crippen LogP contribution in [0.5, 0.6) is 0 Å². The number of nitrogens with one attached hydrogen (secondary N) is 2. The van der Waals surface area contributed by atoms with E-state index < -0.39 is 0 Å². The van der Waals surface area contributed by atoms with Crippen LogP contribution in [0.25, 0.3) is 0 Å². The van der Waals surface area contributed by atoms with Crippen molar-refractivity contribution in [1.29, 1.82) is 0 Å². The molecule has 6 nitrogen and oxygen atoms in total. The molecule has 1 aliphatic rings. The molecule has 1 atom stereocenters. The maximum Gasteiger partial charge on any atom is 0.223 e. The summed E-state index contributed by atoms with van der Waals surface area (Å²) in [6.07, 6.45) is 0.887. The molecule has 6 heteroatoms. The van der Waals surface area contributed by atoms with Gasteiger partial charge in [-0.1, -0.05) is 13.8 Å². The Kier molecular flexibility index (Phi) is 3.96. The number of hydrogen-bond donors (Lipinski definition) is 2. The summed E-state index contributed by atoms with van der Waals surface area (Å²) in [7, 11) is 0. The molecule has 0 saturated carbocycles. The quantitative estimate of drug-likeness (QED) is 0.808. The number of amides is 1. The van der Waals surface area contributed by atoms with Crippen LogP contribution in [0.15, 0.2) is 0 Å². The van der Waals surface area contributed by atoms with Gasteiger partial charge in [0.2, 0.25) is 5.91 Å². The fourth-order valence-electron chi connectivity index (χ4n) is 2.06. The lowest BCUT2D eigenvalue weighted by Crippen LogP contribution is -2.32. The SMILES string of the molecule is CC(C)C(=O)N[C@H](C)c1nnc2n1CCNCC2. The van der Waals surface area contributed by atoms with Gasteiger partial charge >= 0.3 is 0 Å². The fraction of sp³-hybridized carbons (Fsp3) is 0.750. The molecule has 1 aromatic heterocycles. The zero-order valence-electron chi connectivity index (χ0n) is 11.2. The number of carbonyl (C=O) groups excluding carboxylic acids is 1. The van der Waals surface area contributed by atoms with Gasteiger partial charge in [0, 0.05) is 32.0 Å². The third kappa shape index (κ3) is 2.69. The molecule has 2 N–H and O–H groups in total. The van der Waals surface area contributed by atoms with E-state index >= 15 is 0 Å². The van der Waals surface area contributed by atoms with E-state index in [9.17, 15) is 4.79 Å². The van der Waals surface area contributed by atoms with Crippen LogP contribution in [0.1, 0.15) is 38.5 Å². The van der Waals surface area contributed by atoms with Crippen molar-refractivity contribution < 1.29 is 4.79 Å². The molecular formula is C12H21N5O. The molecule has 2 rings (SSSR count). The first kappa shape index (κ1) is 13.0. The van der Waals surface area contributed by atoms with Gasteiger partial charge in [0.25, 0.3) is 0 Å². The summed E-state index contributed by atoms with van der Waals surface area (Å²) in [5.41, 5.74) is 0. The van der Waals surface area contributed by atoms with Crippen molar-refractivity contribution in [2.24, 2.45) is 5.92 Å². The van der Waals surface area contributed by atoms with E-state index in [0.29, 0.717) is 0 Å². The molecule has 18 heavy (non-hydrogen) atoms. The van der Waals surface area contributed by atoms with Crippen molar-refractivity contribution >= 4 is 5.91 Å². The van der Waals surface area contributed by atoms with Crippen molar-refractivity contribution in [3.63, 3.8) is 0 Å². The molecule has 0 fully saturated rings. The molecule has 1 aliphatic heterocycles. The van der Waals surface area contributed by atoms with Gasteiger partial charge in [0.15, 0.2) is 5.82 Å². The molecular weight excluding hydrogens is 230 g/mol. The van der Waals surface area contributed by atoms with Gasteiger partial charge in [-0.05, 0) is 6.92 Å². The Bertz CT molecular complexity index is 426. The minimum Gasteiger partial charge on any atom is -0.346 e. The lowest BCUT2D eigenvalue weighted by molar-refractivity contribution is -0.124. The molecule has 0 saturated heterocycles. The van der Waals surface area contributed by atoms with Crippen molar-refractivity contribution in [2.75, 3.05) is 13.1 Å². The summed E-state index contributed by atoms with van der Waals surface area (Å²) in [6.45, 7) is 8.44. The zero-order chi connectivity index (χ0) is 13.1. The summed E-state index contributed by atoms with van der Waals surface area (Å²) < 4.78 is 2.12. The maximum absolute atomic E-state index is 11.7. The van der Waals surface area contributed by atoms with Crippen molar-refractivity contribution in [2.45, 2.75) is 39.8 Å². The molecule has 0 bridgehead atoms. The Hall–Kier alpha value is -1.43. The van der Waals surface area contributed by atoms with Gasteiger partial charge in [0.1, 0.15) is 5.82 Å². The van der Waals surface area contributed by atoms with Gasteiger partial charge in [-0.15, -0.1) is 10.2 Å². The minimum atomic E-state index is -0.0979. The molecule has 2 heterocycles. The molecule has 1 aromatic rings.